The Balaban J connectivity index is 2.43. The van der Waals surface area contributed by atoms with Gasteiger partial charge < -0.3 is 5.11 Å². The van der Waals surface area contributed by atoms with E-state index in [9.17, 15) is 24.8 Å². The van der Waals surface area contributed by atoms with Crippen molar-refractivity contribution >= 4 is 17.1 Å². The number of nitro groups is 1. The Bertz CT molecular complexity index is 851. The molecule has 1 aromatic heterocycles. The Labute approximate surface area is 116 Å². The van der Waals surface area contributed by atoms with Crippen molar-refractivity contribution in [3.05, 3.63) is 54.7 Å². The molecule has 1 heterocycles. The van der Waals surface area contributed by atoms with Gasteiger partial charge in [-0.15, -0.1) is 10.2 Å². The fraction of sp³-hybridized carbons (Fsp3) is 0.0909. The minimum absolute atomic E-state index is 0.123. The highest BCUT2D eigenvalue weighted by atomic mass is 16.6. The molecule has 0 saturated carbocycles. The first kappa shape index (κ1) is 14.1. The van der Waals surface area contributed by atoms with Crippen LogP contribution < -0.4 is 11.2 Å². The van der Waals surface area contributed by atoms with E-state index >= 15 is 0 Å². The average Bonchev–Trinajstić information content (AvgIpc) is 2.38. The molecule has 2 aromatic rings. The molecule has 0 fully saturated rings. The van der Waals surface area contributed by atoms with E-state index < -0.39 is 27.7 Å². The molecule has 0 bridgehead atoms. The number of hydrogen-bond donors (Lipinski definition) is 3. The number of aryl methyl sites for hydroxylation is 1. The normalized spacial score (nSPS) is 10.9. The lowest BCUT2D eigenvalue weighted by Crippen LogP contribution is -2.20. The summed E-state index contributed by atoms with van der Waals surface area (Å²) in [5.74, 6) is -0.742. The maximum absolute atomic E-state index is 11.4. The molecule has 0 atom stereocenters. The van der Waals surface area contributed by atoms with Gasteiger partial charge in [0.1, 0.15) is 0 Å². The van der Waals surface area contributed by atoms with Gasteiger partial charge in [0, 0.05) is 11.6 Å². The smallest absolute Gasteiger partial charge is 0.328 e. The summed E-state index contributed by atoms with van der Waals surface area (Å²) >= 11 is 0. The Kier molecular flexibility index (Phi) is 3.61. The largest absolute Gasteiger partial charge is 0.493 e. The van der Waals surface area contributed by atoms with Crippen molar-refractivity contribution in [1.82, 2.24) is 9.97 Å². The number of aromatic amines is 2. The zero-order valence-corrected chi connectivity index (χ0v) is 10.7. The standard InChI is InChI=1S/C11H9N5O5/c1-5-2-3-6(4-7(5)16(20)21)14-15-8-9(17)12-11(19)13-10(8)18/h2-4H,1H3,(H3,12,13,17,18,19). The minimum atomic E-state index is -0.929. The van der Waals surface area contributed by atoms with Crippen LogP contribution in [0.5, 0.6) is 5.88 Å². The lowest BCUT2D eigenvalue weighted by Gasteiger charge is -1.98. The molecule has 0 spiro atoms. The first-order chi connectivity index (χ1) is 9.88. The molecule has 3 N–H and O–H groups in total. The molecular formula is C11H9N5O5. The number of rotatable bonds is 3. The summed E-state index contributed by atoms with van der Waals surface area (Å²) in [5.41, 5.74) is -1.89. The van der Waals surface area contributed by atoms with Gasteiger partial charge in [0.25, 0.3) is 11.2 Å². The van der Waals surface area contributed by atoms with Crippen molar-refractivity contribution in [3.63, 3.8) is 0 Å². The summed E-state index contributed by atoms with van der Waals surface area (Å²) in [7, 11) is 0. The molecule has 0 aliphatic rings. The Morgan fingerprint density at radius 1 is 1.24 bits per heavy atom. The van der Waals surface area contributed by atoms with Crippen LogP contribution in [0, 0.1) is 17.0 Å². The summed E-state index contributed by atoms with van der Waals surface area (Å²) in [5, 5.41) is 27.3. The maximum Gasteiger partial charge on any atom is 0.328 e. The van der Waals surface area contributed by atoms with Gasteiger partial charge in [-0.25, -0.2) is 4.79 Å². The minimum Gasteiger partial charge on any atom is -0.493 e. The lowest BCUT2D eigenvalue weighted by molar-refractivity contribution is -0.385. The van der Waals surface area contributed by atoms with E-state index in [2.05, 4.69) is 10.2 Å². The molecule has 10 nitrogen and oxygen atoms in total. The number of aromatic nitrogens is 2. The Morgan fingerprint density at radius 2 is 1.95 bits per heavy atom. The van der Waals surface area contributed by atoms with Gasteiger partial charge in [-0.2, -0.15) is 0 Å². The van der Waals surface area contributed by atoms with E-state index in [1.807, 2.05) is 9.97 Å². The quantitative estimate of drug-likeness (QED) is 0.443. The van der Waals surface area contributed by atoms with E-state index in [1.165, 1.54) is 18.2 Å². The van der Waals surface area contributed by atoms with Crippen molar-refractivity contribution in [2.45, 2.75) is 6.92 Å². The number of nitro benzene ring substituents is 1. The molecule has 10 heteroatoms. The van der Waals surface area contributed by atoms with Crippen LogP contribution in [0.15, 0.2) is 38.0 Å². The summed E-state index contributed by atoms with van der Waals surface area (Å²) < 4.78 is 0. The van der Waals surface area contributed by atoms with Crippen molar-refractivity contribution in [2.75, 3.05) is 0 Å². The number of azo groups is 1. The van der Waals surface area contributed by atoms with E-state index in [4.69, 9.17) is 0 Å². The number of H-pyrrole nitrogens is 2. The highest BCUT2D eigenvalue weighted by Gasteiger charge is 2.11. The third-order valence-corrected chi connectivity index (χ3v) is 2.55. The molecule has 108 valence electrons. The lowest BCUT2D eigenvalue weighted by atomic mass is 10.2. The highest BCUT2D eigenvalue weighted by Crippen LogP contribution is 2.26. The summed E-state index contributed by atoms with van der Waals surface area (Å²) in [4.78, 5) is 36.3. The maximum atomic E-state index is 11.4. The van der Waals surface area contributed by atoms with Crippen LogP contribution in [0.1, 0.15) is 5.56 Å². The zero-order chi connectivity index (χ0) is 15.6. The van der Waals surface area contributed by atoms with Crippen LogP contribution in [0.3, 0.4) is 0 Å². The third kappa shape index (κ3) is 3.00. The average molecular weight is 291 g/mol. The first-order valence-corrected chi connectivity index (χ1v) is 5.61. The predicted molar refractivity (Wildman–Crippen MR) is 71.4 cm³/mol. The molecule has 0 amide bonds. The number of nitrogens with zero attached hydrogens (tertiary/aromatic N) is 3. The SMILES string of the molecule is Cc1ccc(N=Nc2c(O)[nH]c(=O)[nH]c2=O)cc1[N+](=O)[O-]. The van der Waals surface area contributed by atoms with Crippen molar-refractivity contribution < 1.29 is 10.0 Å². The summed E-state index contributed by atoms with van der Waals surface area (Å²) in [6, 6.07) is 4.11. The van der Waals surface area contributed by atoms with Crippen molar-refractivity contribution in [2.24, 2.45) is 10.2 Å². The van der Waals surface area contributed by atoms with Crippen molar-refractivity contribution in [3.8, 4) is 5.88 Å². The monoisotopic (exact) mass is 291 g/mol. The molecule has 21 heavy (non-hydrogen) atoms. The summed E-state index contributed by atoms with van der Waals surface area (Å²) in [6.45, 7) is 1.57. The molecular weight excluding hydrogens is 282 g/mol. The fourth-order valence-corrected chi connectivity index (χ4v) is 1.53. The van der Waals surface area contributed by atoms with Crippen LogP contribution in [0.25, 0.3) is 0 Å². The second-order valence-electron chi connectivity index (χ2n) is 4.03. The van der Waals surface area contributed by atoms with Crippen LogP contribution >= 0.6 is 0 Å². The van der Waals surface area contributed by atoms with Crippen LogP contribution in [-0.4, -0.2) is 20.0 Å². The molecule has 0 radical (unpaired) electrons. The topological polar surface area (TPSA) is 154 Å². The number of benzene rings is 1. The highest BCUT2D eigenvalue weighted by molar-refractivity contribution is 5.52. The van der Waals surface area contributed by atoms with Crippen LogP contribution in [-0.2, 0) is 0 Å². The molecule has 2 rings (SSSR count). The molecule has 0 saturated heterocycles. The molecule has 0 aliphatic heterocycles. The van der Waals surface area contributed by atoms with Gasteiger partial charge in [-0.3, -0.25) is 24.9 Å². The Morgan fingerprint density at radius 3 is 2.57 bits per heavy atom. The second kappa shape index (κ2) is 5.36. The molecule has 1 aromatic carbocycles. The van der Waals surface area contributed by atoms with Gasteiger partial charge in [0.2, 0.25) is 11.6 Å². The predicted octanol–water partition coefficient (Wildman–Crippen LogP) is 1.40. The van der Waals surface area contributed by atoms with Crippen LogP contribution in [0.2, 0.25) is 0 Å². The molecule has 0 aliphatic carbocycles. The fourth-order valence-electron chi connectivity index (χ4n) is 1.53. The first-order valence-electron chi connectivity index (χ1n) is 5.61. The van der Waals surface area contributed by atoms with Gasteiger partial charge in [0.05, 0.1) is 10.6 Å². The molecule has 0 unspecified atom stereocenters. The summed E-state index contributed by atoms with van der Waals surface area (Å²) in [6.07, 6.45) is 0. The second-order valence-corrected chi connectivity index (χ2v) is 4.03. The van der Waals surface area contributed by atoms with Gasteiger partial charge >= 0.3 is 5.69 Å². The van der Waals surface area contributed by atoms with E-state index in [0.717, 1.165) is 0 Å². The Hall–Kier alpha value is -3.30. The van der Waals surface area contributed by atoms with Crippen LogP contribution in [0.4, 0.5) is 17.1 Å². The number of nitrogens with one attached hydrogen (secondary N) is 2. The van der Waals surface area contributed by atoms with Crippen molar-refractivity contribution in [1.29, 1.82) is 0 Å². The van der Waals surface area contributed by atoms with Gasteiger partial charge in [0.15, 0.2) is 0 Å². The van der Waals surface area contributed by atoms with E-state index in [-0.39, 0.29) is 11.4 Å². The van der Waals surface area contributed by atoms with E-state index in [1.54, 1.807) is 6.92 Å². The number of aromatic hydroxyl groups is 1. The van der Waals surface area contributed by atoms with Gasteiger partial charge in [-0.1, -0.05) is 6.07 Å². The number of hydrogen-bond acceptors (Lipinski definition) is 7. The third-order valence-electron chi connectivity index (χ3n) is 2.55. The van der Waals surface area contributed by atoms with Gasteiger partial charge in [-0.05, 0) is 13.0 Å². The van der Waals surface area contributed by atoms with E-state index in [0.29, 0.717) is 5.56 Å². The zero-order valence-electron chi connectivity index (χ0n) is 10.7.